The lowest BCUT2D eigenvalue weighted by Gasteiger charge is -2.16. The number of anilines is 2. The van der Waals surface area contributed by atoms with Gasteiger partial charge >= 0.3 is 0 Å². The van der Waals surface area contributed by atoms with Crippen molar-refractivity contribution in [3.63, 3.8) is 0 Å². The maximum absolute atomic E-state index is 12.7. The lowest BCUT2D eigenvalue weighted by Crippen LogP contribution is -2.40. The molecule has 3 amide bonds. The van der Waals surface area contributed by atoms with Crippen LogP contribution in [0.5, 0.6) is 0 Å². The molecule has 1 saturated carbocycles. The van der Waals surface area contributed by atoms with Crippen LogP contribution in [0.15, 0.2) is 54.6 Å². The highest BCUT2D eigenvalue weighted by Gasteiger charge is 2.56. The van der Waals surface area contributed by atoms with Gasteiger partial charge in [-0.3, -0.25) is 14.4 Å². The fraction of sp³-hybridized carbons (Fsp3) is 0.318. The van der Waals surface area contributed by atoms with Crippen molar-refractivity contribution in [2.24, 2.45) is 5.41 Å². The Hall–Kier alpha value is -3.15. The number of hydrogen-bond donors (Lipinski definition) is 3. The van der Waals surface area contributed by atoms with Crippen LogP contribution in [0.25, 0.3) is 0 Å². The second kappa shape index (κ2) is 8.69. The van der Waals surface area contributed by atoms with Crippen molar-refractivity contribution in [1.29, 1.82) is 0 Å². The fourth-order valence-corrected chi connectivity index (χ4v) is 3.12. The number of hydrogen-bond acceptors (Lipinski definition) is 3. The van der Waals surface area contributed by atoms with Gasteiger partial charge < -0.3 is 16.0 Å². The van der Waals surface area contributed by atoms with Crippen LogP contribution in [0.2, 0.25) is 0 Å². The number of carbonyl (C=O) groups is 3. The van der Waals surface area contributed by atoms with E-state index < -0.39 is 5.41 Å². The van der Waals surface area contributed by atoms with Crippen LogP contribution in [-0.4, -0.2) is 24.3 Å². The van der Waals surface area contributed by atoms with Crippen LogP contribution in [-0.2, 0) is 20.8 Å². The summed E-state index contributed by atoms with van der Waals surface area (Å²) in [5, 5.41) is 8.38. The van der Waals surface area contributed by atoms with Gasteiger partial charge in [0.15, 0.2) is 0 Å². The first-order valence-corrected chi connectivity index (χ1v) is 9.51. The molecule has 0 saturated heterocycles. The molecule has 1 aliphatic carbocycles. The molecular weight excluding hydrogens is 354 g/mol. The Morgan fingerprint density at radius 2 is 1.57 bits per heavy atom. The minimum absolute atomic E-state index is 0.183. The van der Waals surface area contributed by atoms with E-state index in [1.807, 2.05) is 18.2 Å². The minimum atomic E-state index is -0.975. The van der Waals surface area contributed by atoms with Crippen molar-refractivity contribution in [2.45, 2.75) is 32.6 Å². The van der Waals surface area contributed by atoms with Crippen molar-refractivity contribution in [3.8, 4) is 0 Å². The molecule has 1 fully saturated rings. The molecule has 0 unspecified atom stereocenters. The maximum Gasteiger partial charge on any atom is 0.240 e. The molecule has 2 aromatic rings. The van der Waals surface area contributed by atoms with E-state index in [9.17, 15) is 14.4 Å². The zero-order valence-corrected chi connectivity index (χ0v) is 16.0. The predicted octanol–water partition coefficient (Wildman–Crippen LogP) is 3.11. The number of rotatable bonds is 8. The number of aryl methyl sites for hydroxylation is 1. The van der Waals surface area contributed by atoms with Gasteiger partial charge in [0, 0.05) is 24.8 Å². The highest BCUT2D eigenvalue weighted by atomic mass is 16.2. The van der Waals surface area contributed by atoms with Crippen LogP contribution in [0.4, 0.5) is 11.4 Å². The number of nitrogens with one attached hydrogen (secondary N) is 3. The number of amides is 3. The van der Waals surface area contributed by atoms with E-state index >= 15 is 0 Å². The number of benzene rings is 2. The Bertz CT molecular complexity index is 860. The monoisotopic (exact) mass is 379 g/mol. The first-order chi connectivity index (χ1) is 13.5. The maximum atomic E-state index is 12.7. The van der Waals surface area contributed by atoms with Crippen molar-refractivity contribution in [1.82, 2.24) is 5.32 Å². The quantitative estimate of drug-likeness (QED) is 0.486. The lowest BCUT2D eigenvalue weighted by molar-refractivity contribution is -0.134. The highest BCUT2D eigenvalue weighted by Crippen LogP contribution is 2.46. The Morgan fingerprint density at radius 3 is 2.21 bits per heavy atom. The van der Waals surface area contributed by atoms with Gasteiger partial charge in [-0.1, -0.05) is 36.4 Å². The average Bonchev–Trinajstić information content (AvgIpc) is 3.48. The van der Waals surface area contributed by atoms with E-state index in [1.54, 1.807) is 24.3 Å². The molecule has 3 N–H and O–H groups in total. The third-order valence-corrected chi connectivity index (χ3v) is 4.83. The van der Waals surface area contributed by atoms with Gasteiger partial charge in [0.05, 0.1) is 0 Å². The summed E-state index contributed by atoms with van der Waals surface area (Å²) >= 11 is 0. The summed E-state index contributed by atoms with van der Waals surface area (Å²) in [6.45, 7) is 1.97. The Labute approximate surface area is 164 Å². The van der Waals surface area contributed by atoms with E-state index in [0.717, 1.165) is 12.8 Å². The van der Waals surface area contributed by atoms with E-state index in [0.29, 0.717) is 30.8 Å². The third-order valence-electron chi connectivity index (χ3n) is 4.83. The molecule has 28 heavy (non-hydrogen) atoms. The molecule has 0 atom stereocenters. The van der Waals surface area contributed by atoms with E-state index in [1.165, 1.54) is 12.5 Å². The van der Waals surface area contributed by atoms with Gasteiger partial charge in [0.2, 0.25) is 17.7 Å². The molecule has 0 aliphatic heterocycles. The summed E-state index contributed by atoms with van der Waals surface area (Å²) in [5.74, 6) is -0.693. The highest BCUT2D eigenvalue weighted by molar-refractivity contribution is 6.13. The largest absolute Gasteiger partial charge is 0.355 e. The SMILES string of the molecule is CC(=O)Nc1cccc(NC(=O)C2(C(=O)NCCCc3ccccc3)CC2)c1. The fourth-order valence-electron chi connectivity index (χ4n) is 3.12. The Kier molecular flexibility index (Phi) is 6.09. The average molecular weight is 379 g/mol. The van der Waals surface area contributed by atoms with Crippen LogP contribution in [0.3, 0.4) is 0 Å². The topological polar surface area (TPSA) is 87.3 Å². The van der Waals surface area contributed by atoms with E-state index in [2.05, 4.69) is 28.1 Å². The molecular formula is C22H25N3O3. The molecule has 0 bridgehead atoms. The van der Waals surface area contributed by atoms with Gasteiger partial charge in [0.25, 0.3) is 0 Å². The normalized spacial score (nSPS) is 14.0. The zero-order chi connectivity index (χ0) is 20.0. The molecule has 2 aromatic carbocycles. The molecule has 1 aliphatic rings. The van der Waals surface area contributed by atoms with Crippen molar-refractivity contribution in [3.05, 3.63) is 60.2 Å². The summed E-state index contributed by atoms with van der Waals surface area (Å²) in [5.41, 5.74) is 1.41. The van der Waals surface area contributed by atoms with Crippen molar-refractivity contribution < 1.29 is 14.4 Å². The summed E-state index contributed by atoms with van der Waals surface area (Å²) in [6.07, 6.45) is 2.81. The van der Waals surface area contributed by atoms with Gasteiger partial charge in [-0.25, -0.2) is 0 Å². The third kappa shape index (κ3) is 4.97. The minimum Gasteiger partial charge on any atom is -0.355 e. The second-order valence-corrected chi connectivity index (χ2v) is 7.14. The van der Waals surface area contributed by atoms with E-state index in [4.69, 9.17) is 0 Å². The zero-order valence-electron chi connectivity index (χ0n) is 16.0. The Balaban J connectivity index is 1.50. The van der Waals surface area contributed by atoms with E-state index in [-0.39, 0.29) is 17.7 Å². The first-order valence-electron chi connectivity index (χ1n) is 9.51. The van der Waals surface area contributed by atoms with Crippen LogP contribution < -0.4 is 16.0 Å². The molecule has 6 nitrogen and oxygen atoms in total. The molecule has 3 rings (SSSR count). The molecule has 0 spiro atoms. The summed E-state index contributed by atoms with van der Waals surface area (Å²) < 4.78 is 0. The van der Waals surface area contributed by atoms with Crippen molar-refractivity contribution >= 4 is 29.1 Å². The summed E-state index contributed by atoms with van der Waals surface area (Å²) in [4.78, 5) is 36.4. The van der Waals surface area contributed by atoms with Crippen LogP contribution in [0, 0.1) is 5.41 Å². The van der Waals surface area contributed by atoms with Crippen LogP contribution in [0.1, 0.15) is 31.7 Å². The molecule has 0 aromatic heterocycles. The van der Waals surface area contributed by atoms with Crippen LogP contribution >= 0.6 is 0 Å². The molecule has 0 heterocycles. The first kappa shape index (κ1) is 19.6. The standard InChI is InChI=1S/C22H25N3O3/c1-16(26)24-18-10-5-11-19(15-18)25-21(28)22(12-13-22)20(27)23-14-6-9-17-7-3-2-4-8-17/h2-5,7-8,10-11,15H,6,9,12-14H2,1H3,(H,23,27)(H,24,26)(H,25,28). The van der Waals surface area contributed by atoms with Gasteiger partial charge in [-0.2, -0.15) is 0 Å². The van der Waals surface area contributed by atoms with Crippen molar-refractivity contribution in [2.75, 3.05) is 17.2 Å². The van der Waals surface area contributed by atoms with Gasteiger partial charge in [-0.15, -0.1) is 0 Å². The predicted molar refractivity (Wildman–Crippen MR) is 109 cm³/mol. The Morgan fingerprint density at radius 1 is 0.893 bits per heavy atom. The van der Waals surface area contributed by atoms with Gasteiger partial charge in [0.1, 0.15) is 5.41 Å². The second-order valence-electron chi connectivity index (χ2n) is 7.14. The molecule has 0 radical (unpaired) electrons. The lowest BCUT2D eigenvalue weighted by atomic mass is 10.0. The molecule has 6 heteroatoms. The number of carbonyl (C=O) groups excluding carboxylic acids is 3. The van der Waals surface area contributed by atoms with Gasteiger partial charge in [-0.05, 0) is 49.4 Å². The summed E-state index contributed by atoms with van der Waals surface area (Å²) in [7, 11) is 0. The smallest absolute Gasteiger partial charge is 0.240 e. The summed E-state index contributed by atoms with van der Waals surface area (Å²) in [6, 6.07) is 17.0. The molecule has 146 valence electrons.